The fourth-order valence-electron chi connectivity index (χ4n) is 2.20. The molecule has 0 bridgehead atoms. The zero-order valence-electron chi connectivity index (χ0n) is 9.52. The first kappa shape index (κ1) is 11.3. The molecule has 86 valence electrons. The Hall–Kier alpha value is -0.150. The van der Waals surface area contributed by atoms with Crippen LogP contribution in [0.15, 0.2) is 12.3 Å². The zero-order valence-corrected chi connectivity index (χ0v) is 10.3. The van der Waals surface area contributed by atoms with E-state index in [4.69, 9.17) is 4.74 Å². The van der Waals surface area contributed by atoms with Crippen LogP contribution in [0, 0.1) is 0 Å². The lowest BCUT2D eigenvalue weighted by Crippen LogP contribution is -2.35. The maximum Gasteiger partial charge on any atom is 0.0947 e. The second-order valence-corrected chi connectivity index (χ2v) is 5.52. The van der Waals surface area contributed by atoms with Crippen LogP contribution in [-0.2, 0) is 4.74 Å². The van der Waals surface area contributed by atoms with E-state index in [1.54, 1.807) is 0 Å². The number of thioether (sulfide) groups is 1. The van der Waals surface area contributed by atoms with Gasteiger partial charge in [0, 0.05) is 19.2 Å². The van der Waals surface area contributed by atoms with Gasteiger partial charge in [0.15, 0.2) is 0 Å². The van der Waals surface area contributed by atoms with Crippen molar-refractivity contribution in [2.75, 3.05) is 24.7 Å². The summed E-state index contributed by atoms with van der Waals surface area (Å²) >= 11 is 2.09. The maximum atomic E-state index is 5.74. The van der Waals surface area contributed by atoms with Crippen LogP contribution in [0.2, 0.25) is 0 Å². The van der Waals surface area contributed by atoms with Gasteiger partial charge in [-0.3, -0.25) is 0 Å². The SMILES string of the molecule is CCCOC1C=CN(C2CCSCC2)C1. The van der Waals surface area contributed by atoms with Crippen molar-refractivity contribution in [3.05, 3.63) is 12.3 Å². The Bertz CT molecular complexity index is 214. The van der Waals surface area contributed by atoms with Crippen LogP contribution in [0.3, 0.4) is 0 Å². The van der Waals surface area contributed by atoms with Crippen LogP contribution in [0.25, 0.3) is 0 Å². The largest absolute Gasteiger partial charge is 0.372 e. The molecule has 0 aliphatic carbocycles. The normalized spacial score (nSPS) is 27.5. The molecular weight excluding hydrogens is 206 g/mol. The van der Waals surface area contributed by atoms with E-state index in [-0.39, 0.29) is 0 Å². The van der Waals surface area contributed by atoms with Gasteiger partial charge in [0.05, 0.1) is 6.10 Å². The van der Waals surface area contributed by atoms with Gasteiger partial charge >= 0.3 is 0 Å². The van der Waals surface area contributed by atoms with Crippen LogP contribution >= 0.6 is 11.8 Å². The molecule has 1 unspecified atom stereocenters. The van der Waals surface area contributed by atoms with Crippen molar-refractivity contribution >= 4 is 11.8 Å². The van der Waals surface area contributed by atoms with Crippen LogP contribution in [0.1, 0.15) is 26.2 Å². The molecule has 0 radical (unpaired) electrons. The van der Waals surface area contributed by atoms with Crippen molar-refractivity contribution in [3.63, 3.8) is 0 Å². The van der Waals surface area contributed by atoms with Crippen LogP contribution in [-0.4, -0.2) is 41.7 Å². The third kappa shape index (κ3) is 3.15. The van der Waals surface area contributed by atoms with Gasteiger partial charge in [-0.15, -0.1) is 0 Å². The quantitative estimate of drug-likeness (QED) is 0.732. The van der Waals surface area contributed by atoms with E-state index >= 15 is 0 Å². The van der Waals surface area contributed by atoms with Crippen molar-refractivity contribution in [3.8, 4) is 0 Å². The van der Waals surface area contributed by atoms with E-state index in [2.05, 4.69) is 35.9 Å². The Balaban J connectivity index is 1.74. The minimum atomic E-state index is 0.347. The summed E-state index contributed by atoms with van der Waals surface area (Å²) < 4.78 is 5.74. The number of nitrogens with zero attached hydrogens (tertiary/aromatic N) is 1. The van der Waals surface area contributed by atoms with Crippen LogP contribution in [0.4, 0.5) is 0 Å². The molecule has 0 aromatic rings. The predicted octanol–water partition coefficient (Wildman–Crippen LogP) is 2.51. The molecule has 2 nitrogen and oxygen atoms in total. The van der Waals surface area contributed by atoms with Crippen LogP contribution < -0.4 is 0 Å². The zero-order chi connectivity index (χ0) is 10.5. The standard InChI is InChI=1S/C12H21NOS/c1-2-7-14-12-3-6-13(10-12)11-4-8-15-9-5-11/h3,6,11-12H,2,4-5,7-10H2,1H3. The molecule has 2 rings (SSSR count). The Morgan fingerprint density at radius 3 is 2.93 bits per heavy atom. The molecule has 0 amide bonds. The summed E-state index contributed by atoms with van der Waals surface area (Å²) in [5.41, 5.74) is 0. The molecule has 0 spiro atoms. The summed E-state index contributed by atoms with van der Waals surface area (Å²) in [6.07, 6.45) is 8.62. The lowest BCUT2D eigenvalue weighted by atomic mass is 10.1. The van der Waals surface area contributed by atoms with Gasteiger partial charge in [0.25, 0.3) is 0 Å². The average molecular weight is 227 g/mol. The minimum absolute atomic E-state index is 0.347. The van der Waals surface area contributed by atoms with Crippen molar-refractivity contribution in [1.82, 2.24) is 4.90 Å². The molecule has 15 heavy (non-hydrogen) atoms. The van der Waals surface area contributed by atoms with Crippen LogP contribution in [0.5, 0.6) is 0 Å². The summed E-state index contributed by atoms with van der Waals surface area (Å²) in [6.45, 7) is 4.13. The number of hydrogen-bond donors (Lipinski definition) is 0. The first-order valence-electron chi connectivity index (χ1n) is 6.03. The molecular formula is C12H21NOS. The molecule has 0 N–H and O–H groups in total. The van der Waals surface area contributed by atoms with Gasteiger partial charge in [-0.1, -0.05) is 6.92 Å². The van der Waals surface area contributed by atoms with Crippen molar-refractivity contribution < 1.29 is 4.74 Å². The highest BCUT2D eigenvalue weighted by molar-refractivity contribution is 7.99. The third-order valence-electron chi connectivity index (χ3n) is 3.08. The highest BCUT2D eigenvalue weighted by Gasteiger charge is 2.24. The van der Waals surface area contributed by atoms with Crippen molar-refractivity contribution in [2.24, 2.45) is 0 Å². The minimum Gasteiger partial charge on any atom is -0.372 e. The molecule has 0 aromatic heterocycles. The van der Waals surface area contributed by atoms with E-state index in [0.717, 1.165) is 25.6 Å². The Morgan fingerprint density at radius 1 is 1.40 bits per heavy atom. The van der Waals surface area contributed by atoms with Crippen molar-refractivity contribution in [1.29, 1.82) is 0 Å². The second kappa shape index (κ2) is 5.80. The van der Waals surface area contributed by atoms with E-state index in [1.807, 2.05) is 0 Å². The molecule has 1 saturated heterocycles. The summed E-state index contributed by atoms with van der Waals surface area (Å²) in [4.78, 5) is 2.49. The molecule has 0 saturated carbocycles. The summed E-state index contributed by atoms with van der Waals surface area (Å²) in [6, 6.07) is 0.776. The second-order valence-electron chi connectivity index (χ2n) is 4.29. The van der Waals surface area contributed by atoms with Gasteiger partial charge < -0.3 is 9.64 Å². The fraction of sp³-hybridized carbons (Fsp3) is 0.833. The molecule has 3 heteroatoms. The lowest BCUT2D eigenvalue weighted by molar-refractivity contribution is 0.0705. The van der Waals surface area contributed by atoms with Gasteiger partial charge in [-0.25, -0.2) is 0 Å². The molecule has 2 aliphatic heterocycles. The van der Waals surface area contributed by atoms with Gasteiger partial charge in [-0.2, -0.15) is 11.8 Å². The fourth-order valence-corrected chi connectivity index (χ4v) is 3.28. The first-order chi connectivity index (χ1) is 7.40. The molecule has 1 fully saturated rings. The van der Waals surface area contributed by atoms with Gasteiger partial charge in [0.1, 0.15) is 0 Å². The molecule has 2 aliphatic rings. The first-order valence-corrected chi connectivity index (χ1v) is 7.19. The lowest BCUT2D eigenvalue weighted by Gasteiger charge is -2.31. The molecule has 0 aromatic carbocycles. The molecule has 2 heterocycles. The summed E-state index contributed by atoms with van der Waals surface area (Å²) in [7, 11) is 0. The monoisotopic (exact) mass is 227 g/mol. The Kier molecular flexibility index (Phi) is 4.39. The average Bonchev–Trinajstić information content (AvgIpc) is 2.76. The summed E-state index contributed by atoms with van der Waals surface area (Å²) in [5, 5.41) is 0. The van der Waals surface area contributed by atoms with Crippen molar-refractivity contribution in [2.45, 2.75) is 38.3 Å². The number of rotatable bonds is 4. The smallest absolute Gasteiger partial charge is 0.0947 e. The topological polar surface area (TPSA) is 12.5 Å². The van der Waals surface area contributed by atoms with Gasteiger partial charge in [-0.05, 0) is 43.0 Å². The number of hydrogen-bond acceptors (Lipinski definition) is 3. The van der Waals surface area contributed by atoms with E-state index in [9.17, 15) is 0 Å². The summed E-state index contributed by atoms with van der Waals surface area (Å²) in [5.74, 6) is 2.66. The predicted molar refractivity (Wildman–Crippen MR) is 66.2 cm³/mol. The van der Waals surface area contributed by atoms with E-state index in [0.29, 0.717) is 6.10 Å². The Labute approximate surface area is 97.0 Å². The highest BCUT2D eigenvalue weighted by atomic mass is 32.2. The van der Waals surface area contributed by atoms with Gasteiger partial charge in [0.2, 0.25) is 0 Å². The number of ether oxygens (including phenoxy) is 1. The van der Waals surface area contributed by atoms with E-state index in [1.165, 1.54) is 24.3 Å². The molecule has 1 atom stereocenters. The van der Waals surface area contributed by atoms with E-state index < -0.39 is 0 Å². The maximum absolute atomic E-state index is 5.74. The Morgan fingerprint density at radius 2 is 2.20 bits per heavy atom. The highest BCUT2D eigenvalue weighted by Crippen LogP contribution is 2.24. The third-order valence-corrected chi connectivity index (χ3v) is 4.13.